The van der Waals surface area contributed by atoms with Crippen LogP contribution in [0, 0.1) is 12.7 Å². The molecule has 0 aliphatic rings. The molecular formula is C19H14FN3O2S. The van der Waals surface area contributed by atoms with Crippen LogP contribution in [0.2, 0.25) is 0 Å². The zero-order chi connectivity index (χ0) is 17.9. The monoisotopic (exact) mass is 367 g/mol. The number of aryl methyl sites for hydroxylation is 1. The molecule has 0 fully saturated rings. The number of hydrogen-bond acceptors (Lipinski definition) is 6. The lowest BCUT2D eigenvalue weighted by Crippen LogP contribution is -1.95. The Morgan fingerprint density at radius 1 is 1.00 bits per heavy atom. The van der Waals surface area contributed by atoms with Crippen molar-refractivity contribution in [2.45, 2.75) is 13.5 Å². The van der Waals surface area contributed by atoms with Crippen LogP contribution in [0.5, 0.6) is 5.75 Å². The molecule has 0 aliphatic heterocycles. The van der Waals surface area contributed by atoms with Gasteiger partial charge in [0, 0.05) is 16.5 Å². The van der Waals surface area contributed by atoms with E-state index in [9.17, 15) is 4.39 Å². The highest BCUT2D eigenvalue weighted by Gasteiger charge is 2.10. The van der Waals surface area contributed by atoms with Gasteiger partial charge in [-0.2, -0.15) is 4.98 Å². The van der Waals surface area contributed by atoms with Gasteiger partial charge in [-0.25, -0.2) is 9.37 Å². The van der Waals surface area contributed by atoms with E-state index < -0.39 is 0 Å². The number of nitrogens with zero attached hydrogens (tertiary/aromatic N) is 3. The minimum absolute atomic E-state index is 0.120. The summed E-state index contributed by atoms with van der Waals surface area (Å²) in [4.78, 5) is 8.80. The van der Waals surface area contributed by atoms with Gasteiger partial charge in [0.15, 0.2) is 6.61 Å². The Balaban J connectivity index is 1.44. The van der Waals surface area contributed by atoms with E-state index in [-0.39, 0.29) is 12.4 Å². The molecule has 2 aromatic heterocycles. The van der Waals surface area contributed by atoms with Crippen molar-refractivity contribution in [2.24, 2.45) is 0 Å². The average Bonchev–Trinajstić information content (AvgIpc) is 3.31. The molecule has 0 N–H and O–H groups in total. The van der Waals surface area contributed by atoms with Gasteiger partial charge in [-0.05, 0) is 31.2 Å². The molecule has 7 heteroatoms. The van der Waals surface area contributed by atoms with E-state index in [1.807, 2.05) is 36.6 Å². The third kappa shape index (κ3) is 3.62. The van der Waals surface area contributed by atoms with Gasteiger partial charge in [-0.15, -0.1) is 11.3 Å². The third-order valence-electron chi connectivity index (χ3n) is 3.70. The van der Waals surface area contributed by atoms with E-state index in [2.05, 4.69) is 15.1 Å². The summed E-state index contributed by atoms with van der Waals surface area (Å²) in [6, 6.07) is 13.6. The van der Waals surface area contributed by atoms with E-state index in [4.69, 9.17) is 9.26 Å². The Bertz CT molecular complexity index is 1010. The summed E-state index contributed by atoms with van der Waals surface area (Å²) in [5, 5.41) is 7.05. The minimum atomic E-state index is -0.311. The molecular weight excluding hydrogens is 353 g/mol. The average molecular weight is 367 g/mol. The first-order chi connectivity index (χ1) is 12.7. The molecule has 4 rings (SSSR count). The SMILES string of the molecule is Cc1nc(-c2ccc(-c3noc(COc4ccc(F)cc4)n3)cc2)cs1. The molecule has 0 aliphatic carbocycles. The van der Waals surface area contributed by atoms with Gasteiger partial charge in [0.2, 0.25) is 5.82 Å². The molecule has 130 valence electrons. The lowest BCUT2D eigenvalue weighted by atomic mass is 10.1. The van der Waals surface area contributed by atoms with Crippen LogP contribution in [0.15, 0.2) is 58.4 Å². The molecule has 2 aromatic carbocycles. The molecule has 0 saturated carbocycles. The van der Waals surface area contributed by atoms with Crippen LogP contribution in [0.1, 0.15) is 10.9 Å². The van der Waals surface area contributed by atoms with Crippen LogP contribution in [0.25, 0.3) is 22.6 Å². The van der Waals surface area contributed by atoms with Crippen LogP contribution in [-0.2, 0) is 6.61 Å². The van der Waals surface area contributed by atoms with Crippen molar-refractivity contribution in [2.75, 3.05) is 0 Å². The Kier molecular flexibility index (Phi) is 4.45. The van der Waals surface area contributed by atoms with Crippen molar-refractivity contribution in [3.05, 3.63) is 70.6 Å². The second-order valence-corrected chi connectivity index (χ2v) is 6.65. The predicted octanol–water partition coefficient (Wildman–Crippen LogP) is 4.89. The lowest BCUT2D eigenvalue weighted by Gasteiger charge is -2.01. The van der Waals surface area contributed by atoms with Crippen molar-refractivity contribution in [3.63, 3.8) is 0 Å². The van der Waals surface area contributed by atoms with Crippen molar-refractivity contribution in [1.29, 1.82) is 0 Å². The topological polar surface area (TPSA) is 61.0 Å². The number of rotatable bonds is 5. The Morgan fingerprint density at radius 3 is 2.42 bits per heavy atom. The Hall–Kier alpha value is -3.06. The molecule has 0 bridgehead atoms. The van der Waals surface area contributed by atoms with Gasteiger partial charge < -0.3 is 9.26 Å². The van der Waals surface area contributed by atoms with E-state index in [1.165, 1.54) is 12.1 Å². The third-order valence-corrected chi connectivity index (χ3v) is 4.48. The summed E-state index contributed by atoms with van der Waals surface area (Å²) < 4.78 is 23.6. The largest absolute Gasteiger partial charge is 0.484 e. The summed E-state index contributed by atoms with van der Waals surface area (Å²) in [6.07, 6.45) is 0. The highest BCUT2D eigenvalue weighted by molar-refractivity contribution is 7.09. The van der Waals surface area contributed by atoms with Crippen molar-refractivity contribution in [1.82, 2.24) is 15.1 Å². The maximum Gasteiger partial charge on any atom is 0.264 e. The highest BCUT2D eigenvalue weighted by Crippen LogP contribution is 2.24. The fraction of sp³-hybridized carbons (Fsp3) is 0.105. The van der Waals surface area contributed by atoms with Gasteiger partial charge in [0.05, 0.1) is 10.7 Å². The van der Waals surface area contributed by atoms with Crippen LogP contribution < -0.4 is 4.74 Å². The molecule has 0 amide bonds. The maximum atomic E-state index is 12.9. The highest BCUT2D eigenvalue weighted by atomic mass is 32.1. The number of aromatic nitrogens is 3. The van der Waals surface area contributed by atoms with Gasteiger partial charge in [-0.1, -0.05) is 29.4 Å². The van der Waals surface area contributed by atoms with Gasteiger partial charge in [-0.3, -0.25) is 0 Å². The van der Waals surface area contributed by atoms with Crippen LogP contribution in [-0.4, -0.2) is 15.1 Å². The zero-order valence-electron chi connectivity index (χ0n) is 13.8. The van der Waals surface area contributed by atoms with Crippen LogP contribution in [0.4, 0.5) is 4.39 Å². The second-order valence-electron chi connectivity index (χ2n) is 5.58. The van der Waals surface area contributed by atoms with E-state index >= 15 is 0 Å². The Morgan fingerprint density at radius 2 is 1.73 bits per heavy atom. The van der Waals surface area contributed by atoms with Crippen molar-refractivity contribution in [3.8, 4) is 28.4 Å². The molecule has 0 radical (unpaired) electrons. The van der Waals surface area contributed by atoms with Crippen molar-refractivity contribution < 1.29 is 13.7 Å². The fourth-order valence-electron chi connectivity index (χ4n) is 2.39. The minimum Gasteiger partial charge on any atom is -0.484 e. The first kappa shape index (κ1) is 16.4. The van der Waals surface area contributed by atoms with E-state index in [0.29, 0.717) is 17.5 Å². The number of halogens is 1. The maximum absolute atomic E-state index is 12.9. The normalized spacial score (nSPS) is 10.8. The molecule has 0 atom stereocenters. The van der Waals surface area contributed by atoms with Crippen LogP contribution in [0.3, 0.4) is 0 Å². The number of thiazole rings is 1. The quantitative estimate of drug-likeness (QED) is 0.503. The van der Waals surface area contributed by atoms with Gasteiger partial charge >= 0.3 is 0 Å². The molecule has 26 heavy (non-hydrogen) atoms. The molecule has 2 heterocycles. The Labute approximate surface area is 153 Å². The molecule has 0 unspecified atom stereocenters. The summed E-state index contributed by atoms with van der Waals surface area (Å²) in [5.74, 6) is 1.06. The summed E-state index contributed by atoms with van der Waals surface area (Å²) in [5.41, 5.74) is 2.85. The first-order valence-electron chi connectivity index (χ1n) is 7.91. The molecule has 5 nitrogen and oxygen atoms in total. The zero-order valence-corrected chi connectivity index (χ0v) is 14.7. The summed E-state index contributed by atoms with van der Waals surface area (Å²) in [6.45, 7) is 2.10. The number of benzene rings is 2. The molecule has 0 saturated heterocycles. The van der Waals surface area contributed by atoms with E-state index in [0.717, 1.165) is 21.8 Å². The fourth-order valence-corrected chi connectivity index (χ4v) is 3.01. The van der Waals surface area contributed by atoms with Gasteiger partial charge in [0.25, 0.3) is 5.89 Å². The molecule has 0 spiro atoms. The van der Waals surface area contributed by atoms with Gasteiger partial charge in [0.1, 0.15) is 11.6 Å². The second kappa shape index (κ2) is 7.05. The van der Waals surface area contributed by atoms with E-state index in [1.54, 1.807) is 23.5 Å². The lowest BCUT2D eigenvalue weighted by molar-refractivity contribution is 0.242. The smallest absolute Gasteiger partial charge is 0.264 e. The number of ether oxygens (including phenoxy) is 1. The standard InChI is InChI=1S/C19H14FN3O2S/c1-12-21-17(11-26-12)13-2-4-14(5-3-13)19-22-18(25-23-19)10-24-16-8-6-15(20)7-9-16/h2-9,11H,10H2,1H3. The first-order valence-corrected chi connectivity index (χ1v) is 8.79. The summed E-state index contributed by atoms with van der Waals surface area (Å²) in [7, 11) is 0. The summed E-state index contributed by atoms with van der Waals surface area (Å²) >= 11 is 1.62. The van der Waals surface area contributed by atoms with Crippen molar-refractivity contribution >= 4 is 11.3 Å². The van der Waals surface area contributed by atoms with Crippen LogP contribution >= 0.6 is 11.3 Å². The molecule has 4 aromatic rings. The predicted molar refractivity (Wildman–Crippen MR) is 96.3 cm³/mol. The number of hydrogen-bond donors (Lipinski definition) is 0.